The molecule has 0 unspecified atom stereocenters. The molecule has 0 aromatic heterocycles. The van der Waals surface area contributed by atoms with Gasteiger partial charge >= 0.3 is 0 Å². The zero-order valence-electron chi connectivity index (χ0n) is 9.56. The van der Waals surface area contributed by atoms with Gasteiger partial charge in [0.1, 0.15) is 5.82 Å². The lowest BCUT2D eigenvalue weighted by atomic mass is 10.1. The van der Waals surface area contributed by atoms with Crippen LogP contribution in [-0.2, 0) is 0 Å². The Kier molecular flexibility index (Phi) is 3.40. The van der Waals surface area contributed by atoms with E-state index in [9.17, 15) is 14.3 Å². The van der Waals surface area contributed by atoms with Gasteiger partial charge in [-0.15, -0.1) is 0 Å². The number of hydrogen-bond donors (Lipinski definition) is 2. The van der Waals surface area contributed by atoms with Gasteiger partial charge in [0.2, 0.25) is 0 Å². The predicted octanol–water partition coefficient (Wildman–Crippen LogP) is 0.230. The van der Waals surface area contributed by atoms with Crippen molar-refractivity contribution < 1.29 is 14.3 Å². The third-order valence-electron chi connectivity index (χ3n) is 3.07. The number of aliphatic hydroxyl groups is 1. The quantitative estimate of drug-likeness (QED) is 0.775. The van der Waals surface area contributed by atoms with Crippen molar-refractivity contribution in [3.8, 4) is 0 Å². The molecule has 1 amide bonds. The summed E-state index contributed by atoms with van der Waals surface area (Å²) in [7, 11) is 1.58. The molecule has 1 aromatic rings. The van der Waals surface area contributed by atoms with Crippen LogP contribution in [0.15, 0.2) is 24.3 Å². The summed E-state index contributed by atoms with van der Waals surface area (Å²) < 4.78 is 13.5. The normalized spacial score (nSPS) is 23.7. The maximum Gasteiger partial charge on any atom is 0.256 e. The molecule has 1 fully saturated rings. The minimum Gasteiger partial charge on any atom is -0.390 e. The van der Waals surface area contributed by atoms with Crippen LogP contribution < -0.4 is 5.32 Å². The van der Waals surface area contributed by atoms with Gasteiger partial charge in [-0.3, -0.25) is 4.79 Å². The number of nitrogens with zero attached hydrogens (tertiary/aromatic N) is 1. The Morgan fingerprint density at radius 2 is 2.18 bits per heavy atom. The number of amides is 1. The van der Waals surface area contributed by atoms with Crippen LogP contribution in [0.3, 0.4) is 0 Å². The molecule has 1 aliphatic rings. The Bertz CT molecular complexity index is 425. The van der Waals surface area contributed by atoms with Crippen LogP contribution in [0.1, 0.15) is 10.4 Å². The highest BCUT2D eigenvalue weighted by Crippen LogP contribution is 2.14. The number of nitrogens with one attached hydrogen (secondary N) is 1. The number of benzene rings is 1. The molecule has 0 saturated carbocycles. The lowest BCUT2D eigenvalue weighted by molar-refractivity contribution is 0.0577. The molecule has 17 heavy (non-hydrogen) atoms. The Hall–Kier alpha value is -1.46. The Labute approximate surface area is 99.0 Å². The van der Waals surface area contributed by atoms with Crippen molar-refractivity contribution in [1.29, 1.82) is 0 Å². The lowest BCUT2D eigenvalue weighted by Gasteiger charge is -2.26. The van der Waals surface area contributed by atoms with Gasteiger partial charge in [-0.1, -0.05) is 12.1 Å². The molecule has 0 aliphatic carbocycles. The number of hydrogen-bond acceptors (Lipinski definition) is 3. The molecule has 2 rings (SSSR count). The van der Waals surface area contributed by atoms with Crippen molar-refractivity contribution in [3.05, 3.63) is 35.6 Å². The van der Waals surface area contributed by atoms with Crippen molar-refractivity contribution in [2.45, 2.75) is 12.1 Å². The van der Waals surface area contributed by atoms with Gasteiger partial charge in [-0.2, -0.15) is 0 Å². The second kappa shape index (κ2) is 4.81. The third-order valence-corrected chi connectivity index (χ3v) is 3.07. The molecule has 2 atom stereocenters. The SMILES string of the molecule is CN(C(=O)c1ccccc1F)[C@@H]1CNC[C@H]1O. The number of carbonyl (C=O) groups excluding carboxylic acids is 1. The van der Waals surface area contributed by atoms with Gasteiger partial charge in [-0.05, 0) is 12.1 Å². The summed E-state index contributed by atoms with van der Waals surface area (Å²) in [5.74, 6) is -0.944. The fourth-order valence-electron chi connectivity index (χ4n) is 2.02. The van der Waals surface area contributed by atoms with Crippen molar-refractivity contribution in [1.82, 2.24) is 10.2 Å². The fourth-order valence-corrected chi connectivity index (χ4v) is 2.02. The summed E-state index contributed by atoms with van der Waals surface area (Å²) in [6, 6.07) is 5.56. The maximum absolute atomic E-state index is 13.5. The number of carbonyl (C=O) groups is 1. The average Bonchev–Trinajstić information content (AvgIpc) is 2.74. The molecule has 2 N–H and O–H groups in total. The molecule has 0 spiro atoms. The van der Waals surface area contributed by atoms with E-state index in [1.807, 2.05) is 0 Å². The topological polar surface area (TPSA) is 52.6 Å². The highest BCUT2D eigenvalue weighted by Gasteiger charge is 2.32. The van der Waals surface area contributed by atoms with Gasteiger partial charge in [-0.25, -0.2) is 4.39 Å². The predicted molar refractivity (Wildman–Crippen MR) is 61.2 cm³/mol. The van der Waals surface area contributed by atoms with E-state index in [0.717, 1.165) is 0 Å². The average molecular weight is 238 g/mol. The van der Waals surface area contributed by atoms with Gasteiger partial charge in [0.15, 0.2) is 0 Å². The van der Waals surface area contributed by atoms with E-state index in [1.165, 1.54) is 23.1 Å². The molecule has 4 nitrogen and oxygen atoms in total. The molecule has 1 heterocycles. The Morgan fingerprint density at radius 3 is 2.76 bits per heavy atom. The first-order chi connectivity index (χ1) is 8.11. The monoisotopic (exact) mass is 238 g/mol. The third kappa shape index (κ3) is 2.30. The van der Waals surface area contributed by atoms with Crippen molar-refractivity contribution in [2.75, 3.05) is 20.1 Å². The number of β-amino-alcohol motifs (C(OH)–C–C–N with tert-alkyl or cyclic N) is 1. The van der Waals surface area contributed by atoms with E-state index in [1.54, 1.807) is 13.1 Å². The Balaban J connectivity index is 2.17. The molecule has 1 aromatic carbocycles. The van der Waals surface area contributed by atoms with E-state index < -0.39 is 17.8 Å². The van der Waals surface area contributed by atoms with Crippen LogP contribution >= 0.6 is 0 Å². The fraction of sp³-hybridized carbons (Fsp3) is 0.417. The zero-order chi connectivity index (χ0) is 12.4. The van der Waals surface area contributed by atoms with E-state index >= 15 is 0 Å². The summed E-state index contributed by atoms with van der Waals surface area (Å²) in [4.78, 5) is 13.4. The van der Waals surface area contributed by atoms with E-state index in [0.29, 0.717) is 13.1 Å². The molecule has 92 valence electrons. The highest BCUT2D eigenvalue weighted by atomic mass is 19.1. The summed E-state index contributed by atoms with van der Waals surface area (Å²) >= 11 is 0. The first kappa shape index (κ1) is 12.0. The maximum atomic E-state index is 13.5. The van der Waals surface area contributed by atoms with Crippen LogP contribution in [-0.4, -0.2) is 48.2 Å². The minimum atomic E-state index is -0.601. The van der Waals surface area contributed by atoms with Crippen LogP contribution in [0, 0.1) is 5.82 Å². The summed E-state index contributed by atoms with van der Waals surface area (Å²) in [6.45, 7) is 0.984. The minimum absolute atomic E-state index is 0.0362. The number of likely N-dealkylation sites (N-methyl/N-ethyl adjacent to an activating group) is 1. The van der Waals surface area contributed by atoms with Gasteiger partial charge < -0.3 is 15.3 Å². The zero-order valence-corrected chi connectivity index (χ0v) is 9.56. The van der Waals surface area contributed by atoms with Gasteiger partial charge in [0.25, 0.3) is 5.91 Å². The van der Waals surface area contributed by atoms with Crippen LogP contribution in [0.4, 0.5) is 4.39 Å². The molecular weight excluding hydrogens is 223 g/mol. The van der Waals surface area contributed by atoms with E-state index in [2.05, 4.69) is 5.32 Å². The van der Waals surface area contributed by atoms with Crippen LogP contribution in [0.25, 0.3) is 0 Å². The molecule has 0 radical (unpaired) electrons. The van der Waals surface area contributed by atoms with Gasteiger partial charge in [0, 0.05) is 20.1 Å². The molecular formula is C12H15FN2O2. The van der Waals surface area contributed by atoms with Crippen LogP contribution in [0.2, 0.25) is 0 Å². The number of halogens is 1. The standard InChI is InChI=1S/C12H15FN2O2/c1-15(10-6-14-7-11(10)16)12(17)8-4-2-3-5-9(8)13/h2-5,10-11,14,16H,6-7H2,1H3/t10-,11-/m1/s1. The molecule has 1 saturated heterocycles. The van der Waals surface area contributed by atoms with E-state index in [4.69, 9.17) is 0 Å². The second-order valence-electron chi connectivity index (χ2n) is 4.19. The van der Waals surface area contributed by atoms with Crippen molar-refractivity contribution in [2.24, 2.45) is 0 Å². The second-order valence-corrected chi connectivity index (χ2v) is 4.19. The highest BCUT2D eigenvalue weighted by molar-refractivity contribution is 5.94. The first-order valence-corrected chi connectivity index (χ1v) is 5.51. The molecule has 1 aliphatic heterocycles. The van der Waals surface area contributed by atoms with E-state index in [-0.39, 0.29) is 11.6 Å². The largest absolute Gasteiger partial charge is 0.390 e. The lowest BCUT2D eigenvalue weighted by Crippen LogP contribution is -2.44. The molecule has 5 heteroatoms. The van der Waals surface area contributed by atoms with Crippen molar-refractivity contribution in [3.63, 3.8) is 0 Å². The van der Waals surface area contributed by atoms with Crippen molar-refractivity contribution >= 4 is 5.91 Å². The summed E-state index contributed by atoms with van der Waals surface area (Å²) in [5.41, 5.74) is 0.0362. The molecule has 0 bridgehead atoms. The summed E-state index contributed by atoms with van der Waals surface area (Å²) in [6.07, 6.45) is -0.601. The smallest absolute Gasteiger partial charge is 0.256 e. The number of aliphatic hydroxyl groups excluding tert-OH is 1. The number of rotatable bonds is 2. The van der Waals surface area contributed by atoms with Crippen LogP contribution in [0.5, 0.6) is 0 Å². The summed E-state index contributed by atoms with van der Waals surface area (Å²) in [5, 5.41) is 12.7. The Morgan fingerprint density at radius 1 is 1.47 bits per heavy atom. The van der Waals surface area contributed by atoms with Gasteiger partial charge in [0.05, 0.1) is 17.7 Å². The first-order valence-electron chi connectivity index (χ1n) is 5.51.